The Labute approximate surface area is 113 Å². The van der Waals surface area contributed by atoms with E-state index in [1.165, 1.54) is 0 Å². The zero-order valence-electron chi connectivity index (χ0n) is 11.1. The van der Waals surface area contributed by atoms with Crippen molar-refractivity contribution in [3.63, 3.8) is 0 Å². The lowest BCUT2D eigenvalue weighted by Gasteiger charge is -2.30. The summed E-state index contributed by atoms with van der Waals surface area (Å²) < 4.78 is 5.49. The Morgan fingerprint density at radius 2 is 2.16 bits per heavy atom. The number of piperidine rings is 1. The van der Waals surface area contributed by atoms with Crippen molar-refractivity contribution in [1.29, 1.82) is 0 Å². The largest absolute Gasteiger partial charge is 0.481 e. The fourth-order valence-corrected chi connectivity index (χ4v) is 2.69. The van der Waals surface area contributed by atoms with Crippen LogP contribution >= 0.6 is 0 Å². The van der Waals surface area contributed by atoms with Gasteiger partial charge in [0.15, 0.2) is 0 Å². The van der Waals surface area contributed by atoms with E-state index in [1.54, 1.807) is 4.90 Å². The second-order valence-electron chi connectivity index (χ2n) is 5.28. The fourth-order valence-electron chi connectivity index (χ4n) is 2.69. The number of carboxylic acid groups (broad SMARTS) is 1. The number of ether oxygens (including phenoxy) is 1. The van der Waals surface area contributed by atoms with E-state index in [0.29, 0.717) is 26.1 Å². The second-order valence-corrected chi connectivity index (χ2v) is 5.28. The molecular weight excluding hydrogens is 248 g/mol. The second kappa shape index (κ2) is 6.75. The minimum atomic E-state index is -0.808. The highest BCUT2D eigenvalue weighted by atomic mass is 16.5. The molecule has 2 fully saturated rings. The summed E-state index contributed by atoms with van der Waals surface area (Å²) in [6, 6.07) is -0.149. The van der Waals surface area contributed by atoms with Crippen molar-refractivity contribution in [2.24, 2.45) is 5.92 Å². The minimum absolute atomic E-state index is 0.149. The molecule has 1 unspecified atom stereocenters. The Morgan fingerprint density at radius 1 is 1.32 bits per heavy atom. The Bertz CT molecular complexity index is 329. The molecule has 2 aliphatic rings. The van der Waals surface area contributed by atoms with Crippen LogP contribution in [-0.2, 0) is 9.53 Å². The summed E-state index contributed by atoms with van der Waals surface area (Å²) in [4.78, 5) is 24.5. The Kier molecular flexibility index (Phi) is 5.01. The molecule has 0 spiro atoms. The summed E-state index contributed by atoms with van der Waals surface area (Å²) in [5.74, 6) is -1.23. The number of hydrogen-bond acceptors (Lipinski definition) is 3. The molecule has 0 bridgehead atoms. The molecule has 0 aromatic heterocycles. The van der Waals surface area contributed by atoms with E-state index < -0.39 is 11.9 Å². The molecule has 2 amide bonds. The average molecular weight is 270 g/mol. The molecule has 2 atom stereocenters. The van der Waals surface area contributed by atoms with Crippen LogP contribution in [0.15, 0.2) is 0 Å². The predicted octanol–water partition coefficient (Wildman–Crippen LogP) is 1.06. The highest BCUT2D eigenvalue weighted by Gasteiger charge is 2.28. The number of amides is 2. The number of nitrogens with zero attached hydrogens (tertiary/aromatic N) is 1. The molecule has 2 saturated heterocycles. The van der Waals surface area contributed by atoms with E-state index in [4.69, 9.17) is 9.84 Å². The van der Waals surface area contributed by atoms with Crippen molar-refractivity contribution < 1.29 is 19.4 Å². The van der Waals surface area contributed by atoms with Gasteiger partial charge in [0.2, 0.25) is 0 Å². The Hall–Kier alpha value is -1.30. The number of carboxylic acids is 1. The van der Waals surface area contributed by atoms with Crippen molar-refractivity contribution in [2.45, 2.75) is 38.2 Å². The standard InChI is InChI=1S/C13H22N2O4/c16-12(17)10-3-1-7-15(9-10)13(18)14-6-5-11-4-2-8-19-11/h10-11H,1-9H2,(H,14,18)(H,16,17)/t10-,11?/m1/s1. The van der Waals surface area contributed by atoms with E-state index in [1.807, 2.05) is 0 Å². The molecule has 108 valence electrons. The van der Waals surface area contributed by atoms with E-state index in [2.05, 4.69) is 5.32 Å². The number of hydrogen-bond donors (Lipinski definition) is 2. The predicted molar refractivity (Wildman–Crippen MR) is 68.9 cm³/mol. The van der Waals surface area contributed by atoms with Crippen LogP contribution in [0.4, 0.5) is 4.79 Å². The number of aliphatic carboxylic acids is 1. The van der Waals surface area contributed by atoms with Crippen LogP contribution in [0.5, 0.6) is 0 Å². The van der Waals surface area contributed by atoms with Crippen LogP contribution in [0.1, 0.15) is 32.1 Å². The fraction of sp³-hybridized carbons (Fsp3) is 0.846. The number of rotatable bonds is 4. The van der Waals surface area contributed by atoms with Gasteiger partial charge in [0.05, 0.1) is 12.0 Å². The molecule has 2 rings (SSSR count). The van der Waals surface area contributed by atoms with Gasteiger partial charge in [-0.05, 0) is 32.1 Å². The summed E-state index contributed by atoms with van der Waals surface area (Å²) in [6.45, 7) is 2.39. The smallest absolute Gasteiger partial charge is 0.317 e. The molecule has 0 radical (unpaired) electrons. The topological polar surface area (TPSA) is 78.9 Å². The number of carbonyl (C=O) groups is 2. The highest BCUT2D eigenvalue weighted by Crippen LogP contribution is 2.17. The zero-order valence-corrected chi connectivity index (χ0v) is 11.1. The maximum atomic E-state index is 11.9. The van der Waals surface area contributed by atoms with E-state index in [-0.39, 0.29) is 12.1 Å². The molecule has 6 heteroatoms. The van der Waals surface area contributed by atoms with Crippen LogP contribution in [0, 0.1) is 5.92 Å². The third-order valence-electron chi connectivity index (χ3n) is 3.82. The van der Waals surface area contributed by atoms with Gasteiger partial charge in [0, 0.05) is 26.2 Å². The molecule has 0 aromatic rings. The van der Waals surface area contributed by atoms with Gasteiger partial charge >= 0.3 is 12.0 Å². The average Bonchev–Trinajstić information content (AvgIpc) is 2.92. The van der Waals surface area contributed by atoms with Crippen molar-refractivity contribution in [3.8, 4) is 0 Å². The maximum absolute atomic E-state index is 11.9. The van der Waals surface area contributed by atoms with Crippen molar-refractivity contribution >= 4 is 12.0 Å². The third-order valence-corrected chi connectivity index (χ3v) is 3.82. The summed E-state index contributed by atoms with van der Waals surface area (Å²) in [5.41, 5.74) is 0. The Balaban J connectivity index is 1.68. The summed E-state index contributed by atoms with van der Waals surface area (Å²) in [5, 5.41) is 11.8. The third kappa shape index (κ3) is 4.09. The van der Waals surface area contributed by atoms with E-state index in [9.17, 15) is 9.59 Å². The quantitative estimate of drug-likeness (QED) is 0.800. The summed E-state index contributed by atoms with van der Waals surface area (Å²) in [7, 11) is 0. The number of nitrogens with one attached hydrogen (secondary N) is 1. The lowest BCUT2D eigenvalue weighted by atomic mass is 9.99. The monoisotopic (exact) mass is 270 g/mol. The lowest BCUT2D eigenvalue weighted by molar-refractivity contribution is -0.143. The van der Waals surface area contributed by atoms with Gasteiger partial charge in [-0.1, -0.05) is 0 Å². The molecule has 6 nitrogen and oxygen atoms in total. The van der Waals surface area contributed by atoms with Gasteiger partial charge < -0.3 is 20.1 Å². The van der Waals surface area contributed by atoms with Crippen molar-refractivity contribution in [3.05, 3.63) is 0 Å². The van der Waals surface area contributed by atoms with Gasteiger partial charge in [-0.3, -0.25) is 4.79 Å². The SMILES string of the molecule is O=C(O)[C@@H]1CCCN(C(=O)NCCC2CCCO2)C1. The van der Waals surface area contributed by atoms with Crippen LogP contribution in [-0.4, -0.2) is 54.4 Å². The van der Waals surface area contributed by atoms with Gasteiger partial charge in [-0.15, -0.1) is 0 Å². The molecule has 19 heavy (non-hydrogen) atoms. The van der Waals surface area contributed by atoms with E-state index >= 15 is 0 Å². The normalized spacial score (nSPS) is 27.3. The lowest BCUT2D eigenvalue weighted by Crippen LogP contribution is -2.47. The molecule has 2 N–H and O–H groups in total. The minimum Gasteiger partial charge on any atom is -0.481 e. The van der Waals surface area contributed by atoms with E-state index in [0.717, 1.165) is 32.3 Å². The maximum Gasteiger partial charge on any atom is 0.317 e. The van der Waals surface area contributed by atoms with Crippen LogP contribution in [0.3, 0.4) is 0 Å². The first-order chi connectivity index (χ1) is 9.16. The number of carbonyl (C=O) groups excluding carboxylic acids is 1. The van der Waals surface area contributed by atoms with Gasteiger partial charge in [-0.2, -0.15) is 0 Å². The van der Waals surface area contributed by atoms with Gasteiger partial charge in [-0.25, -0.2) is 4.79 Å². The van der Waals surface area contributed by atoms with Gasteiger partial charge in [0.25, 0.3) is 0 Å². The highest BCUT2D eigenvalue weighted by molar-refractivity contribution is 5.76. The summed E-state index contributed by atoms with van der Waals surface area (Å²) >= 11 is 0. The number of likely N-dealkylation sites (tertiary alicyclic amines) is 1. The number of urea groups is 1. The Morgan fingerprint density at radius 3 is 2.84 bits per heavy atom. The first-order valence-corrected chi connectivity index (χ1v) is 7.04. The first-order valence-electron chi connectivity index (χ1n) is 7.04. The van der Waals surface area contributed by atoms with Crippen LogP contribution in [0.2, 0.25) is 0 Å². The molecule has 0 saturated carbocycles. The molecule has 0 aromatic carbocycles. The molecule has 2 aliphatic heterocycles. The molecule has 0 aliphatic carbocycles. The van der Waals surface area contributed by atoms with Gasteiger partial charge in [0.1, 0.15) is 0 Å². The first kappa shape index (κ1) is 14.1. The zero-order chi connectivity index (χ0) is 13.7. The molecule has 2 heterocycles. The van der Waals surface area contributed by atoms with Crippen LogP contribution in [0.25, 0.3) is 0 Å². The molecular formula is C13H22N2O4. The van der Waals surface area contributed by atoms with Crippen molar-refractivity contribution in [1.82, 2.24) is 10.2 Å². The van der Waals surface area contributed by atoms with Crippen LogP contribution < -0.4 is 5.32 Å². The van der Waals surface area contributed by atoms with Crippen molar-refractivity contribution in [2.75, 3.05) is 26.2 Å². The summed E-state index contributed by atoms with van der Waals surface area (Å²) in [6.07, 6.45) is 4.70.